The van der Waals surface area contributed by atoms with Crippen LogP contribution in [0.25, 0.3) is 0 Å². The summed E-state index contributed by atoms with van der Waals surface area (Å²) in [6.07, 6.45) is 2.44. The fourth-order valence-electron chi connectivity index (χ4n) is 1.88. The van der Waals surface area contributed by atoms with Gasteiger partial charge >= 0.3 is 0 Å². The number of nitrogens with zero attached hydrogens (tertiary/aromatic N) is 1. The second-order valence-corrected chi connectivity index (χ2v) is 6.87. The first kappa shape index (κ1) is 14.5. The predicted molar refractivity (Wildman–Crippen MR) is 75.0 cm³/mol. The Hall–Kier alpha value is -0.950. The first-order valence-corrected chi connectivity index (χ1v) is 7.89. The third-order valence-electron chi connectivity index (χ3n) is 3.02. The zero-order valence-corrected chi connectivity index (χ0v) is 12.4. The topological polar surface area (TPSA) is 61.4 Å². The first-order valence-electron chi connectivity index (χ1n) is 6.41. The van der Waals surface area contributed by atoms with E-state index < -0.39 is 10.0 Å². The maximum Gasteiger partial charge on any atom is 0.253 e. The summed E-state index contributed by atoms with van der Waals surface area (Å²) in [5, 5.41) is 4.82. The molecule has 0 heterocycles. The predicted octanol–water partition coefficient (Wildman–Crippen LogP) is 1.00. The van der Waals surface area contributed by atoms with Crippen molar-refractivity contribution in [3.63, 3.8) is 0 Å². The quantitative estimate of drug-likeness (QED) is 0.765. The average molecular weight is 283 g/mol. The average Bonchev–Trinajstić information content (AvgIpc) is 3.09. The number of aryl methyl sites for hydroxylation is 1. The van der Waals surface area contributed by atoms with E-state index in [9.17, 15) is 8.42 Å². The van der Waals surface area contributed by atoms with E-state index in [0.717, 1.165) is 17.7 Å². The molecule has 1 aliphatic rings. The van der Waals surface area contributed by atoms with Crippen molar-refractivity contribution >= 4 is 10.0 Å². The van der Waals surface area contributed by atoms with Crippen molar-refractivity contribution in [3.05, 3.63) is 29.3 Å². The molecule has 0 radical (unpaired) electrons. The molecule has 19 heavy (non-hydrogen) atoms. The molecule has 1 saturated carbocycles. The minimum atomic E-state index is -3.49. The summed E-state index contributed by atoms with van der Waals surface area (Å²) in [5.74, 6) is 0. The number of hydrogen-bond acceptors (Lipinski definition) is 4. The van der Waals surface area contributed by atoms with E-state index in [-0.39, 0.29) is 0 Å². The lowest BCUT2D eigenvalue weighted by Gasteiger charge is -2.15. The maximum atomic E-state index is 12.2. The number of hydrazine groups is 1. The smallest absolute Gasteiger partial charge is 0.253 e. The van der Waals surface area contributed by atoms with Crippen LogP contribution in [-0.2, 0) is 16.6 Å². The lowest BCUT2D eigenvalue weighted by atomic mass is 10.1. The number of rotatable bonds is 6. The highest BCUT2D eigenvalue weighted by molar-refractivity contribution is 7.89. The van der Waals surface area contributed by atoms with Crippen LogP contribution < -0.4 is 10.1 Å². The van der Waals surface area contributed by atoms with Crippen LogP contribution in [0.15, 0.2) is 23.1 Å². The fraction of sp³-hybridized carbons (Fsp3) is 0.538. The molecule has 0 atom stereocenters. The van der Waals surface area contributed by atoms with Crippen molar-refractivity contribution in [2.75, 3.05) is 14.1 Å². The Morgan fingerprint density at radius 3 is 2.58 bits per heavy atom. The molecule has 1 fully saturated rings. The van der Waals surface area contributed by atoms with Gasteiger partial charge in [0.25, 0.3) is 10.0 Å². The van der Waals surface area contributed by atoms with Gasteiger partial charge in [0.15, 0.2) is 0 Å². The third kappa shape index (κ3) is 4.01. The fourth-order valence-corrected chi connectivity index (χ4v) is 3.26. The summed E-state index contributed by atoms with van der Waals surface area (Å²) in [6, 6.07) is 6.19. The standard InChI is InChI=1S/C13H21N3O2S/c1-10-4-5-11(9-14-12-6-7-12)8-13(10)19(17,18)15-16(2)3/h4-5,8,12,14-15H,6-7,9H2,1-3H3. The molecular formula is C13H21N3O2S. The van der Waals surface area contributed by atoms with Crippen LogP contribution in [0.5, 0.6) is 0 Å². The Labute approximate surface area is 115 Å². The molecule has 0 aliphatic heterocycles. The second-order valence-electron chi connectivity index (χ2n) is 5.24. The summed E-state index contributed by atoms with van der Waals surface area (Å²) < 4.78 is 24.4. The molecule has 1 aliphatic carbocycles. The molecule has 6 heteroatoms. The van der Waals surface area contributed by atoms with Gasteiger partial charge in [-0.15, -0.1) is 4.83 Å². The zero-order chi connectivity index (χ0) is 14.0. The van der Waals surface area contributed by atoms with Crippen molar-refractivity contribution in [2.24, 2.45) is 0 Å². The molecule has 1 aromatic carbocycles. The van der Waals surface area contributed by atoms with Crippen LogP contribution in [0.4, 0.5) is 0 Å². The van der Waals surface area contributed by atoms with Crippen LogP contribution >= 0.6 is 0 Å². The number of nitrogens with one attached hydrogen (secondary N) is 2. The van der Waals surface area contributed by atoms with Crippen LogP contribution in [0.1, 0.15) is 24.0 Å². The highest BCUT2D eigenvalue weighted by atomic mass is 32.2. The highest BCUT2D eigenvalue weighted by Gasteiger charge is 2.21. The largest absolute Gasteiger partial charge is 0.310 e. The van der Waals surface area contributed by atoms with Gasteiger partial charge in [0.1, 0.15) is 0 Å². The Morgan fingerprint density at radius 1 is 1.32 bits per heavy atom. The molecule has 1 aromatic rings. The first-order chi connectivity index (χ1) is 8.88. The van der Waals surface area contributed by atoms with Crippen molar-refractivity contribution in [2.45, 2.75) is 37.2 Å². The van der Waals surface area contributed by atoms with Crippen molar-refractivity contribution in [1.29, 1.82) is 0 Å². The molecule has 106 valence electrons. The molecule has 0 aromatic heterocycles. The number of sulfonamides is 1. The van der Waals surface area contributed by atoms with Gasteiger partial charge in [-0.05, 0) is 37.0 Å². The Kier molecular flexibility index (Phi) is 4.25. The van der Waals surface area contributed by atoms with E-state index in [0.29, 0.717) is 10.9 Å². The van der Waals surface area contributed by atoms with Crippen molar-refractivity contribution in [1.82, 2.24) is 15.2 Å². The van der Waals surface area contributed by atoms with Gasteiger partial charge in [-0.25, -0.2) is 13.4 Å². The van der Waals surface area contributed by atoms with E-state index >= 15 is 0 Å². The van der Waals surface area contributed by atoms with Crippen LogP contribution in [0.3, 0.4) is 0 Å². The van der Waals surface area contributed by atoms with Gasteiger partial charge in [-0.3, -0.25) is 0 Å². The molecule has 0 unspecified atom stereocenters. The summed E-state index contributed by atoms with van der Waals surface area (Å²) in [5.41, 5.74) is 1.75. The van der Waals surface area contributed by atoms with E-state index in [2.05, 4.69) is 10.1 Å². The summed E-state index contributed by atoms with van der Waals surface area (Å²) in [6.45, 7) is 2.53. The minimum absolute atomic E-state index is 0.344. The van der Waals surface area contributed by atoms with Gasteiger partial charge in [-0.1, -0.05) is 12.1 Å². The number of benzene rings is 1. The van der Waals surface area contributed by atoms with Gasteiger partial charge in [0.05, 0.1) is 4.90 Å². The molecular weight excluding hydrogens is 262 g/mol. The number of hydrogen-bond donors (Lipinski definition) is 2. The van der Waals surface area contributed by atoms with E-state index in [4.69, 9.17) is 0 Å². The molecule has 2 N–H and O–H groups in total. The van der Waals surface area contributed by atoms with Crippen LogP contribution in [-0.4, -0.2) is 33.6 Å². The Morgan fingerprint density at radius 2 is 2.00 bits per heavy atom. The van der Waals surface area contributed by atoms with Crippen molar-refractivity contribution < 1.29 is 8.42 Å². The summed E-state index contributed by atoms with van der Waals surface area (Å²) in [7, 11) is -0.171. The monoisotopic (exact) mass is 283 g/mol. The van der Waals surface area contributed by atoms with Crippen LogP contribution in [0, 0.1) is 6.92 Å². The normalized spacial score (nSPS) is 16.0. The molecule has 0 spiro atoms. The Bertz CT molecular complexity index is 551. The lowest BCUT2D eigenvalue weighted by molar-refractivity contribution is 0.364. The second kappa shape index (κ2) is 5.58. The molecule has 0 amide bonds. The van der Waals surface area contributed by atoms with Gasteiger partial charge in [0.2, 0.25) is 0 Å². The SMILES string of the molecule is Cc1ccc(CNC2CC2)cc1S(=O)(=O)NN(C)C. The molecule has 5 nitrogen and oxygen atoms in total. The molecule has 2 rings (SSSR count). The lowest BCUT2D eigenvalue weighted by Crippen LogP contribution is -2.36. The van der Waals surface area contributed by atoms with Crippen LogP contribution in [0.2, 0.25) is 0 Å². The highest BCUT2D eigenvalue weighted by Crippen LogP contribution is 2.21. The third-order valence-corrected chi connectivity index (χ3v) is 4.64. The van der Waals surface area contributed by atoms with Gasteiger partial charge in [0, 0.05) is 26.7 Å². The minimum Gasteiger partial charge on any atom is -0.310 e. The van der Waals surface area contributed by atoms with Gasteiger partial charge in [-0.2, -0.15) is 0 Å². The zero-order valence-electron chi connectivity index (χ0n) is 11.6. The maximum absolute atomic E-state index is 12.2. The van der Waals surface area contributed by atoms with E-state index in [1.54, 1.807) is 20.2 Å². The van der Waals surface area contributed by atoms with Crippen molar-refractivity contribution in [3.8, 4) is 0 Å². The van der Waals surface area contributed by atoms with E-state index in [1.807, 2.05) is 19.1 Å². The van der Waals surface area contributed by atoms with Gasteiger partial charge < -0.3 is 5.32 Å². The molecule has 0 saturated heterocycles. The molecule has 0 bridgehead atoms. The Balaban J connectivity index is 2.20. The summed E-state index contributed by atoms with van der Waals surface area (Å²) in [4.78, 5) is 2.81. The van der Waals surface area contributed by atoms with E-state index in [1.165, 1.54) is 17.9 Å². The summed E-state index contributed by atoms with van der Waals surface area (Å²) >= 11 is 0.